The van der Waals surface area contributed by atoms with Crippen LogP contribution >= 0.6 is 11.8 Å². The molecule has 1 rings (SSSR count). The van der Waals surface area contributed by atoms with Gasteiger partial charge in [0.25, 0.3) is 0 Å². The minimum atomic E-state index is 0.193. The molecule has 0 aromatic carbocycles. The van der Waals surface area contributed by atoms with Crippen LogP contribution in [0.2, 0.25) is 0 Å². The molecule has 1 aliphatic rings. The predicted molar refractivity (Wildman–Crippen MR) is 64.0 cm³/mol. The molecule has 0 aromatic heterocycles. The summed E-state index contributed by atoms with van der Waals surface area (Å²) >= 11 is 1.70. The number of aliphatic imine (C=N–C) groups is 1. The van der Waals surface area contributed by atoms with Crippen molar-refractivity contribution in [2.45, 2.75) is 45.8 Å². The lowest BCUT2D eigenvalue weighted by molar-refractivity contribution is 0.0447. The standard InChI is InChI=1S/C11H19NOS/c1-8(2)13-10-7-5-6-9(3)12-11(10)14-4/h6,8,10H,5,7H2,1-4H3. The van der Waals surface area contributed by atoms with Crippen molar-refractivity contribution in [2.75, 3.05) is 6.26 Å². The Hall–Kier alpha value is -0.280. The smallest absolute Gasteiger partial charge is 0.106 e. The molecule has 14 heavy (non-hydrogen) atoms. The topological polar surface area (TPSA) is 21.6 Å². The predicted octanol–water partition coefficient (Wildman–Crippen LogP) is 3.24. The Morgan fingerprint density at radius 1 is 1.57 bits per heavy atom. The third-order valence-corrected chi connectivity index (χ3v) is 2.85. The van der Waals surface area contributed by atoms with Crippen molar-refractivity contribution >= 4 is 16.8 Å². The summed E-state index contributed by atoms with van der Waals surface area (Å²) in [6.07, 6.45) is 6.83. The largest absolute Gasteiger partial charge is 0.369 e. The van der Waals surface area contributed by atoms with E-state index in [1.807, 2.05) is 6.92 Å². The number of nitrogens with zero attached hydrogens (tertiary/aromatic N) is 1. The van der Waals surface area contributed by atoms with Gasteiger partial charge in [-0.3, -0.25) is 0 Å². The SMILES string of the molecule is CSC1=NC(C)=CCCC1OC(C)C. The van der Waals surface area contributed by atoms with E-state index in [0.29, 0.717) is 0 Å². The van der Waals surface area contributed by atoms with E-state index >= 15 is 0 Å². The Labute approximate surface area is 90.8 Å². The Morgan fingerprint density at radius 2 is 2.29 bits per heavy atom. The maximum Gasteiger partial charge on any atom is 0.106 e. The molecule has 3 heteroatoms. The first-order valence-corrected chi connectivity index (χ1v) is 6.30. The summed E-state index contributed by atoms with van der Waals surface area (Å²) in [6, 6.07) is 0. The van der Waals surface area contributed by atoms with Gasteiger partial charge in [-0.2, -0.15) is 0 Å². The molecule has 1 aliphatic heterocycles. The van der Waals surface area contributed by atoms with E-state index in [1.165, 1.54) is 0 Å². The van der Waals surface area contributed by atoms with Crippen LogP contribution in [-0.2, 0) is 4.74 Å². The van der Waals surface area contributed by atoms with Crippen molar-refractivity contribution in [1.82, 2.24) is 0 Å². The van der Waals surface area contributed by atoms with Crippen LogP contribution in [0.25, 0.3) is 0 Å². The van der Waals surface area contributed by atoms with Gasteiger partial charge in [0.15, 0.2) is 0 Å². The molecule has 0 saturated carbocycles. The third kappa shape index (κ3) is 3.46. The van der Waals surface area contributed by atoms with E-state index in [4.69, 9.17) is 4.74 Å². The summed E-state index contributed by atoms with van der Waals surface area (Å²) < 4.78 is 5.84. The van der Waals surface area contributed by atoms with Crippen LogP contribution in [-0.4, -0.2) is 23.5 Å². The molecule has 0 fully saturated rings. The van der Waals surface area contributed by atoms with Gasteiger partial charge in [0, 0.05) is 5.70 Å². The van der Waals surface area contributed by atoms with Gasteiger partial charge in [-0.05, 0) is 39.9 Å². The molecule has 0 amide bonds. The summed E-state index contributed by atoms with van der Waals surface area (Å²) in [5.41, 5.74) is 1.12. The van der Waals surface area contributed by atoms with E-state index in [-0.39, 0.29) is 12.2 Å². The zero-order valence-electron chi connectivity index (χ0n) is 9.41. The molecular formula is C11H19NOS. The molecule has 0 radical (unpaired) electrons. The fourth-order valence-corrected chi connectivity index (χ4v) is 2.16. The second-order valence-electron chi connectivity index (χ2n) is 3.75. The third-order valence-electron chi connectivity index (χ3n) is 2.08. The van der Waals surface area contributed by atoms with Crippen molar-refractivity contribution in [3.63, 3.8) is 0 Å². The summed E-state index contributed by atoms with van der Waals surface area (Å²) in [6.45, 7) is 6.19. The molecule has 0 bridgehead atoms. The maximum atomic E-state index is 5.84. The highest BCUT2D eigenvalue weighted by Gasteiger charge is 2.18. The maximum absolute atomic E-state index is 5.84. The Balaban J connectivity index is 2.71. The molecule has 0 aromatic rings. The first-order chi connectivity index (χ1) is 6.63. The molecule has 0 N–H and O–H groups in total. The van der Waals surface area contributed by atoms with Gasteiger partial charge in [0.05, 0.1) is 6.10 Å². The zero-order chi connectivity index (χ0) is 10.6. The van der Waals surface area contributed by atoms with Crippen molar-refractivity contribution in [1.29, 1.82) is 0 Å². The molecule has 1 heterocycles. The monoisotopic (exact) mass is 213 g/mol. The fraction of sp³-hybridized carbons (Fsp3) is 0.727. The van der Waals surface area contributed by atoms with Gasteiger partial charge in [0.1, 0.15) is 11.1 Å². The van der Waals surface area contributed by atoms with Crippen LogP contribution < -0.4 is 0 Å². The fourth-order valence-electron chi connectivity index (χ4n) is 1.49. The van der Waals surface area contributed by atoms with Crippen molar-refractivity contribution in [3.05, 3.63) is 11.8 Å². The molecule has 1 unspecified atom stereocenters. The quantitative estimate of drug-likeness (QED) is 0.702. The molecule has 0 saturated heterocycles. The molecule has 2 nitrogen and oxygen atoms in total. The second-order valence-corrected chi connectivity index (χ2v) is 4.58. The van der Waals surface area contributed by atoms with Crippen molar-refractivity contribution in [3.8, 4) is 0 Å². The van der Waals surface area contributed by atoms with Crippen LogP contribution in [0.5, 0.6) is 0 Å². The van der Waals surface area contributed by atoms with Crippen LogP contribution in [0.4, 0.5) is 0 Å². The van der Waals surface area contributed by atoms with Crippen LogP contribution in [0.3, 0.4) is 0 Å². The van der Waals surface area contributed by atoms with Crippen LogP contribution in [0, 0.1) is 0 Å². The van der Waals surface area contributed by atoms with Gasteiger partial charge in [-0.25, -0.2) is 4.99 Å². The lowest BCUT2D eigenvalue weighted by Crippen LogP contribution is -2.24. The van der Waals surface area contributed by atoms with E-state index in [0.717, 1.165) is 23.6 Å². The lowest BCUT2D eigenvalue weighted by Gasteiger charge is -2.19. The lowest BCUT2D eigenvalue weighted by atomic mass is 10.2. The average Bonchev–Trinajstić information content (AvgIpc) is 2.27. The van der Waals surface area contributed by atoms with Crippen molar-refractivity contribution in [2.24, 2.45) is 4.99 Å². The highest BCUT2D eigenvalue weighted by Crippen LogP contribution is 2.20. The van der Waals surface area contributed by atoms with Crippen LogP contribution in [0.1, 0.15) is 33.6 Å². The first kappa shape index (κ1) is 11.8. The van der Waals surface area contributed by atoms with E-state index in [2.05, 4.69) is 31.2 Å². The number of rotatable bonds is 2. The van der Waals surface area contributed by atoms with Gasteiger partial charge in [0.2, 0.25) is 0 Å². The number of ether oxygens (including phenoxy) is 1. The molecular weight excluding hydrogens is 194 g/mol. The first-order valence-electron chi connectivity index (χ1n) is 5.08. The highest BCUT2D eigenvalue weighted by molar-refractivity contribution is 8.13. The number of hydrogen-bond acceptors (Lipinski definition) is 3. The summed E-state index contributed by atoms with van der Waals surface area (Å²) in [5.74, 6) is 0. The Bertz CT molecular complexity index is 246. The van der Waals surface area contributed by atoms with Crippen molar-refractivity contribution < 1.29 is 4.74 Å². The summed E-state index contributed by atoms with van der Waals surface area (Å²) in [4.78, 5) is 4.54. The Morgan fingerprint density at radius 3 is 2.86 bits per heavy atom. The second kappa shape index (κ2) is 5.56. The summed E-state index contributed by atoms with van der Waals surface area (Å²) in [7, 11) is 0. The van der Waals surface area contributed by atoms with Crippen LogP contribution in [0.15, 0.2) is 16.8 Å². The number of hydrogen-bond donors (Lipinski definition) is 0. The molecule has 1 atom stereocenters. The summed E-state index contributed by atoms with van der Waals surface area (Å²) in [5, 5.41) is 1.12. The molecule has 0 spiro atoms. The number of allylic oxidation sites excluding steroid dienone is 2. The Kier molecular flexibility index (Phi) is 4.69. The zero-order valence-corrected chi connectivity index (χ0v) is 10.2. The highest BCUT2D eigenvalue weighted by atomic mass is 32.2. The molecule has 0 aliphatic carbocycles. The van der Waals surface area contributed by atoms with Gasteiger partial charge >= 0.3 is 0 Å². The normalized spacial score (nSPS) is 23.1. The van der Waals surface area contributed by atoms with E-state index in [9.17, 15) is 0 Å². The average molecular weight is 213 g/mol. The minimum Gasteiger partial charge on any atom is -0.369 e. The van der Waals surface area contributed by atoms with Gasteiger partial charge in [-0.15, -0.1) is 11.8 Å². The minimum absolute atomic E-state index is 0.193. The number of thioether (sulfide) groups is 1. The van der Waals surface area contributed by atoms with E-state index < -0.39 is 0 Å². The van der Waals surface area contributed by atoms with E-state index in [1.54, 1.807) is 11.8 Å². The molecule has 80 valence electrons. The van der Waals surface area contributed by atoms with Gasteiger partial charge in [-0.1, -0.05) is 6.08 Å². The van der Waals surface area contributed by atoms with Gasteiger partial charge < -0.3 is 4.74 Å².